The second kappa shape index (κ2) is 7.82. The molecule has 0 saturated carbocycles. The lowest BCUT2D eigenvalue weighted by molar-refractivity contribution is 0.113. The number of aliphatic hydroxyl groups is 1. The molecular weight excluding hydrogens is 200 g/mol. The van der Waals surface area contributed by atoms with Crippen LogP contribution in [-0.2, 0) is 0 Å². The fourth-order valence-corrected chi connectivity index (χ4v) is 2.13. The maximum atomic E-state index is 9.89. The molecule has 0 aromatic rings. The van der Waals surface area contributed by atoms with Crippen LogP contribution in [-0.4, -0.2) is 48.3 Å². The van der Waals surface area contributed by atoms with Crippen molar-refractivity contribution in [2.45, 2.75) is 45.3 Å². The van der Waals surface area contributed by atoms with Crippen LogP contribution in [0.3, 0.4) is 0 Å². The van der Waals surface area contributed by atoms with E-state index in [1.54, 1.807) is 0 Å². The molecule has 2 atom stereocenters. The molecule has 0 spiro atoms. The Balaban J connectivity index is 2.13. The van der Waals surface area contributed by atoms with Crippen molar-refractivity contribution in [3.05, 3.63) is 12.2 Å². The summed E-state index contributed by atoms with van der Waals surface area (Å²) < 4.78 is 0. The molecule has 0 radical (unpaired) electrons. The van der Waals surface area contributed by atoms with Crippen molar-refractivity contribution >= 4 is 0 Å². The van der Waals surface area contributed by atoms with E-state index < -0.39 is 0 Å². The van der Waals surface area contributed by atoms with Gasteiger partial charge in [-0.15, -0.1) is 0 Å². The molecule has 94 valence electrons. The average molecular weight is 226 g/mol. The number of likely N-dealkylation sites (N-methyl/N-ethyl adjacent to an activating group) is 1. The zero-order valence-electron chi connectivity index (χ0n) is 10.7. The van der Waals surface area contributed by atoms with Gasteiger partial charge in [0.25, 0.3) is 0 Å². The van der Waals surface area contributed by atoms with E-state index >= 15 is 0 Å². The first-order valence-corrected chi connectivity index (χ1v) is 6.55. The third-order valence-corrected chi connectivity index (χ3v) is 3.27. The third kappa shape index (κ3) is 5.10. The van der Waals surface area contributed by atoms with Crippen molar-refractivity contribution < 1.29 is 5.11 Å². The van der Waals surface area contributed by atoms with Gasteiger partial charge in [0, 0.05) is 19.1 Å². The lowest BCUT2D eigenvalue weighted by Crippen LogP contribution is -2.41. The molecule has 0 saturated heterocycles. The second-order valence-electron chi connectivity index (χ2n) is 4.53. The highest BCUT2D eigenvalue weighted by atomic mass is 16.3. The Labute approximate surface area is 99.5 Å². The largest absolute Gasteiger partial charge is 0.390 e. The van der Waals surface area contributed by atoms with Crippen LogP contribution in [0.1, 0.15) is 33.1 Å². The van der Waals surface area contributed by atoms with Gasteiger partial charge in [0.15, 0.2) is 0 Å². The number of nitrogens with one attached hydrogen (secondary N) is 1. The molecule has 3 heteroatoms. The number of aliphatic hydroxyl groups excluding tert-OH is 1. The van der Waals surface area contributed by atoms with Gasteiger partial charge in [-0.1, -0.05) is 26.0 Å². The van der Waals surface area contributed by atoms with Gasteiger partial charge in [-0.3, -0.25) is 0 Å². The van der Waals surface area contributed by atoms with Crippen LogP contribution in [0.15, 0.2) is 12.2 Å². The Hall–Kier alpha value is -0.380. The summed E-state index contributed by atoms with van der Waals surface area (Å²) in [5.74, 6) is 0. The molecule has 16 heavy (non-hydrogen) atoms. The summed E-state index contributed by atoms with van der Waals surface area (Å²) in [5.41, 5.74) is 0. The van der Waals surface area contributed by atoms with Crippen LogP contribution in [0, 0.1) is 0 Å². The van der Waals surface area contributed by atoms with E-state index in [1.807, 2.05) is 0 Å². The molecule has 0 aromatic carbocycles. The molecule has 0 fully saturated rings. The summed E-state index contributed by atoms with van der Waals surface area (Å²) in [4.78, 5) is 2.26. The number of rotatable bonds is 7. The molecule has 2 N–H and O–H groups in total. The first-order valence-electron chi connectivity index (χ1n) is 6.55. The molecule has 3 nitrogen and oxygen atoms in total. The minimum atomic E-state index is -0.245. The highest BCUT2D eigenvalue weighted by Crippen LogP contribution is 2.10. The van der Waals surface area contributed by atoms with Gasteiger partial charge in [0.1, 0.15) is 0 Å². The summed E-state index contributed by atoms with van der Waals surface area (Å²) in [5, 5.41) is 13.3. The Bertz CT molecular complexity index is 202. The van der Waals surface area contributed by atoms with Gasteiger partial charge in [-0.2, -0.15) is 0 Å². The smallest absolute Gasteiger partial charge is 0.0791 e. The summed E-state index contributed by atoms with van der Waals surface area (Å²) >= 11 is 0. The van der Waals surface area contributed by atoms with Gasteiger partial charge in [0.05, 0.1) is 6.10 Å². The minimum Gasteiger partial charge on any atom is -0.390 e. The monoisotopic (exact) mass is 226 g/mol. The summed E-state index contributed by atoms with van der Waals surface area (Å²) in [6.45, 7) is 7.79. The first-order chi connectivity index (χ1) is 7.76. The number of allylic oxidation sites excluding steroid dienone is 1. The fourth-order valence-electron chi connectivity index (χ4n) is 2.13. The van der Waals surface area contributed by atoms with Crippen LogP contribution in [0.5, 0.6) is 0 Å². The first kappa shape index (κ1) is 13.7. The molecule has 0 bridgehead atoms. The molecule has 1 rings (SSSR count). The molecule has 0 amide bonds. The highest BCUT2D eigenvalue weighted by Gasteiger charge is 2.13. The van der Waals surface area contributed by atoms with E-state index in [1.165, 1.54) is 12.8 Å². The van der Waals surface area contributed by atoms with Crippen LogP contribution >= 0.6 is 0 Å². The standard InChI is InChI=1S/C13H26N2O/c1-3-15(4-2)11-13(16)10-14-12-8-6-5-7-9-12/h5-6,12-14,16H,3-4,7-11H2,1-2H3. The maximum Gasteiger partial charge on any atom is 0.0791 e. The molecule has 0 aromatic heterocycles. The Kier molecular flexibility index (Phi) is 6.69. The number of hydrogen-bond acceptors (Lipinski definition) is 3. The molecule has 2 unspecified atom stereocenters. The van der Waals surface area contributed by atoms with E-state index in [2.05, 4.69) is 36.2 Å². The molecule has 1 aliphatic carbocycles. The van der Waals surface area contributed by atoms with Crippen LogP contribution < -0.4 is 5.32 Å². The SMILES string of the molecule is CCN(CC)CC(O)CNC1CC=CCC1. The van der Waals surface area contributed by atoms with Gasteiger partial charge in [-0.05, 0) is 32.4 Å². The van der Waals surface area contributed by atoms with E-state index in [-0.39, 0.29) is 6.10 Å². The summed E-state index contributed by atoms with van der Waals surface area (Å²) in [7, 11) is 0. The number of hydrogen-bond donors (Lipinski definition) is 2. The van der Waals surface area contributed by atoms with Gasteiger partial charge < -0.3 is 15.3 Å². The number of nitrogens with zero attached hydrogens (tertiary/aromatic N) is 1. The molecular formula is C13H26N2O. The third-order valence-electron chi connectivity index (χ3n) is 3.27. The second-order valence-corrected chi connectivity index (χ2v) is 4.53. The van der Waals surface area contributed by atoms with Crippen molar-refractivity contribution in [3.63, 3.8) is 0 Å². The zero-order valence-corrected chi connectivity index (χ0v) is 10.7. The molecule has 0 aliphatic heterocycles. The van der Waals surface area contributed by atoms with Gasteiger partial charge in [-0.25, -0.2) is 0 Å². The van der Waals surface area contributed by atoms with Crippen molar-refractivity contribution in [1.29, 1.82) is 0 Å². The van der Waals surface area contributed by atoms with E-state index in [0.29, 0.717) is 6.04 Å². The Morgan fingerprint density at radius 1 is 1.38 bits per heavy atom. The van der Waals surface area contributed by atoms with Crippen molar-refractivity contribution in [2.24, 2.45) is 0 Å². The quantitative estimate of drug-likeness (QED) is 0.644. The molecule has 1 aliphatic rings. The van der Waals surface area contributed by atoms with Gasteiger partial charge in [0.2, 0.25) is 0 Å². The highest BCUT2D eigenvalue weighted by molar-refractivity contribution is 4.93. The average Bonchev–Trinajstić information content (AvgIpc) is 2.34. The summed E-state index contributed by atoms with van der Waals surface area (Å²) in [6, 6.07) is 0.566. The van der Waals surface area contributed by atoms with Crippen LogP contribution in [0.25, 0.3) is 0 Å². The van der Waals surface area contributed by atoms with E-state index in [0.717, 1.165) is 32.6 Å². The molecule has 0 heterocycles. The minimum absolute atomic E-state index is 0.245. The zero-order chi connectivity index (χ0) is 11.8. The predicted molar refractivity (Wildman–Crippen MR) is 68.6 cm³/mol. The lowest BCUT2D eigenvalue weighted by atomic mass is 10.0. The maximum absolute atomic E-state index is 9.89. The van der Waals surface area contributed by atoms with E-state index in [9.17, 15) is 5.11 Å². The predicted octanol–water partition coefficient (Wildman–Crippen LogP) is 1.39. The Morgan fingerprint density at radius 2 is 2.12 bits per heavy atom. The Morgan fingerprint density at radius 3 is 2.69 bits per heavy atom. The summed E-state index contributed by atoms with van der Waals surface area (Å²) in [6.07, 6.45) is 7.71. The van der Waals surface area contributed by atoms with E-state index in [4.69, 9.17) is 0 Å². The van der Waals surface area contributed by atoms with Crippen LogP contribution in [0.2, 0.25) is 0 Å². The van der Waals surface area contributed by atoms with Crippen molar-refractivity contribution in [2.75, 3.05) is 26.2 Å². The lowest BCUT2D eigenvalue weighted by Gasteiger charge is -2.25. The normalized spacial score (nSPS) is 22.6. The topological polar surface area (TPSA) is 35.5 Å². The van der Waals surface area contributed by atoms with Crippen molar-refractivity contribution in [3.8, 4) is 0 Å². The van der Waals surface area contributed by atoms with Crippen LogP contribution in [0.4, 0.5) is 0 Å². The fraction of sp³-hybridized carbons (Fsp3) is 0.846. The van der Waals surface area contributed by atoms with Crippen molar-refractivity contribution in [1.82, 2.24) is 10.2 Å². The van der Waals surface area contributed by atoms with Gasteiger partial charge >= 0.3 is 0 Å².